The van der Waals surface area contributed by atoms with Gasteiger partial charge < -0.3 is 15.7 Å². The van der Waals surface area contributed by atoms with E-state index in [1.54, 1.807) is 0 Å². The Hall–Kier alpha value is -1.96. The van der Waals surface area contributed by atoms with Crippen molar-refractivity contribution >= 4 is 17.3 Å². The maximum Gasteiger partial charge on any atom is 0.353 e. The van der Waals surface area contributed by atoms with Crippen molar-refractivity contribution in [2.75, 3.05) is 30.3 Å². The van der Waals surface area contributed by atoms with Crippen LogP contribution < -0.4 is 10.6 Å². The van der Waals surface area contributed by atoms with E-state index in [4.69, 9.17) is 5.11 Å². The van der Waals surface area contributed by atoms with Crippen molar-refractivity contribution in [2.45, 2.75) is 26.7 Å². The van der Waals surface area contributed by atoms with E-state index in [1.165, 1.54) is 6.33 Å². The molecule has 112 valence electrons. The van der Waals surface area contributed by atoms with E-state index in [0.29, 0.717) is 13.1 Å². The van der Waals surface area contributed by atoms with Gasteiger partial charge in [-0.1, -0.05) is 6.92 Å². The van der Waals surface area contributed by atoms with E-state index in [1.807, 2.05) is 13.8 Å². The van der Waals surface area contributed by atoms with Gasteiger partial charge in [0.1, 0.15) is 6.33 Å². The zero-order valence-corrected chi connectivity index (χ0v) is 11.8. The molecule has 1 aromatic rings. The van der Waals surface area contributed by atoms with Crippen molar-refractivity contribution in [3.05, 3.63) is 16.4 Å². The number of anilines is 2. The van der Waals surface area contributed by atoms with Crippen LogP contribution in [0.2, 0.25) is 0 Å². The summed E-state index contributed by atoms with van der Waals surface area (Å²) in [4.78, 5) is 18.4. The molecule has 8 nitrogen and oxygen atoms in total. The van der Waals surface area contributed by atoms with Crippen molar-refractivity contribution < 1.29 is 10.0 Å². The molecule has 1 heterocycles. The molecule has 0 bridgehead atoms. The Morgan fingerprint density at radius 1 is 1.40 bits per heavy atom. The maximum absolute atomic E-state index is 11.1. The summed E-state index contributed by atoms with van der Waals surface area (Å²) in [6.07, 6.45) is 2.95. The minimum Gasteiger partial charge on any atom is -0.396 e. The highest BCUT2D eigenvalue weighted by molar-refractivity contribution is 5.69. The molecule has 3 N–H and O–H groups in total. The van der Waals surface area contributed by atoms with Gasteiger partial charge in [-0.2, -0.15) is 0 Å². The van der Waals surface area contributed by atoms with Crippen molar-refractivity contribution in [3.63, 3.8) is 0 Å². The fraction of sp³-hybridized carbons (Fsp3) is 0.667. The molecule has 1 rings (SSSR count). The average Bonchev–Trinajstić information content (AvgIpc) is 2.43. The first kappa shape index (κ1) is 16.1. The van der Waals surface area contributed by atoms with E-state index in [-0.39, 0.29) is 29.8 Å². The average molecular weight is 283 g/mol. The van der Waals surface area contributed by atoms with E-state index < -0.39 is 4.92 Å². The predicted octanol–water partition coefficient (Wildman–Crippen LogP) is 1.64. The Kier molecular flexibility index (Phi) is 6.65. The molecule has 0 aliphatic heterocycles. The molecule has 0 aromatic carbocycles. The molecule has 8 heteroatoms. The summed E-state index contributed by atoms with van der Waals surface area (Å²) in [5.41, 5.74) is -0.135. The van der Waals surface area contributed by atoms with Gasteiger partial charge in [0.05, 0.1) is 4.92 Å². The minimum absolute atomic E-state index is 0.135. The summed E-state index contributed by atoms with van der Waals surface area (Å²) in [6.45, 7) is 5.06. The van der Waals surface area contributed by atoms with Gasteiger partial charge in [-0.3, -0.25) is 10.1 Å². The quantitative estimate of drug-likeness (QED) is 0.358. The van der Waals surface area contributed by atoms with Crippen molar-refractivity contribution in [1.29, 1.82) is 0 Å². The number of nitrogens with one attached hydrogen (secondary N) is 2. The molecule has 1 atom stereocenters. The topological polar surface area (TPSA) is 113 Å². The van der Waals surface area contributed by atoms with E-state index in [0.717, 1.165) is 12.8 Å². The van der Waals surface area contributed by atoms with Crippen molar-refractivity contribution in [3.8, 4) is 0 Å². The van der Waals surface area contributed by atoms with Gasteiger partial charge in [0, 0.05) is 19.7 Å². The Morgan fingerprint density at radius 3 is 2.60 bits per heavy atom. The fourth-order valence-corrected chi connectivity index (χ4v) is 1.73. The van der Waals surface area contributed by atoms with Crippen LogP contribution in [0.4, 0.5) is 17.3 Å². The molecule has 0 radical (unpaired) electrons. The smallest absolute Gasteiger partial charge is 0.353 e. The highest BCUT2D eigenvalue weighted by atomic mass is 16.6. The molecule has 1 aromatic heterocycles. The second kappa shape index (κ2) is 8.26. The SMILES string of the molecule is CCNc1ncnc(NCCCC(C)CO)c1[N+](=O)[O-]. The van der Waals surface area contributed by atoms with Crippen LogP contribution in [0, 0.1) is 16.0 Å². The zero-order chi connectivity index (χ0) is 15.0. The third-order valence-corrected chi connectivity index (χ3v) is 2.83. The van der Waals surface area contributed by atoms with Crippen molar-refractivity contribution in [2.24, 2.45) is 5.92 Å². The second-order valence-corrected chi connectivity index (χ2v) is 4.56. The Bertz CT molecular complexity index is 441. The molecule has 0 aliphatic carbocycles. The van der Waals surface area contributed by atoms with Crippen LogP contribution in [-0.4, -0.2) is 39.7 Å². The largest absolute Gasteiger partial charge is 0.396 e. The molecule has 0 aliphatic rings. The van der Waals surface area contributed by atoms with Crippen LogP contribution in [0.1, 0.15) is 26.7 Å². The molecule has 0 saturated heterocycles. The van der Waals surface area contributed by atoms with Crippen LogP contribution >= 0.6 is 0 Å². The van der Waals surface area contributed by atoms with Gasteiger partial charge in [-0.05, 0) is 25.7 Å². The molecule has 0 amide bonds. The van der Waals surface area contributed by atoms with Gasteiger partial charge >= 0.3 is 5.69 Å². The minimum atomic E-state index is -0.489. The summed E-state index contributed by atoms with van der Waals surface area (Å²) in [7, 11) is 0. The molecule has 20 heavy (non-hydrogen) atoms. The summed E-state index contributed by atoms with van der Waals surface area (Å²) in [5.74, 6) is 0.672. The standard InChI is InChI=1S/C12H21N5O3/c1-3-13-11-10(17(19)20)12(16-8-15-11)14-6-4-5-9(2)7-18/h8-9,18H,3-7H2,1-2H3,(H2,13,14,15,16). The van der Waals surface area contributed by atoms with E-state index in [9.17, 15) is 10.1 Å². The lowest BCUT2D eigenvalue weighted by Crippen LogP contribution is -2.11. The number of aliphatic hydroxyl groups excluding tert-OH is 1. The lowest BCUT2D eigenvalue weighted by Gasteiger charge is -2.10. The Labute approximate surface area is 117 Å². The van der Waals surface area contributed by atoms with Gasteiger partial charge in [0.25, 0.3) is 0 Å². The maximum atomic E-state index is 11.1. The van der Waals surface area contributed by atoms with Crippen LogP contribution in [0.15, 0.2) is 6.33 Å². The first-order valence-electron chi connectivity index (χ1n) is 6.68. The van der Waals surface area contributed by atoms with Crippen LogP contribution in [0.5, 0.6) is 0 Å². The third kappa shape index (κ3) is 4.61. The second-order valence-electron chi connectivity index (χ2n) is 4.56. The van der Waals surface area contributed by atoms with Crippen molar-refractivity contribution in [1.82, 2.24) is 9.97 Å². The van der Waals surface area contributed by atoms with Crippen LogP contribution in [-0.2, 0) is 0 Å². The molecule has 1 unspecified atom stereocenters. The molecular formula is C12H21N5O3. The van der Waals surface area contributed by atoms with Crippen LogP contribution in [0.25, 0.3) is 0 Å². The first-order valence-corrected chi connectivity index (χ1v) is 6.68. The number of rotatable bonds is 9. The molecular weight excluding hydrogens is 262 g/mol. The number of aromatic nitrogens is 2. The number of hydrogen-bond donors (Lipinski definition) is 3. The first-order chi connectivity index (χ1) is 9.60. The van der Waals surface area contributed by atoms with E-state index in [2.05, 4.69) is 20.6 Å². The summed E-state index contributed by atoms with van der Waals surface area (Å²) in [5, 5.41) is 25.9. The van der Waals surface area contributed by atoms with Crippen LogP contribution in [0.3, 0.4) is 0 Å². The lowest BCUT2D eigenvalue weighted by atomic mass is 10.1. The van der Waals surface area contributed by atoms with Gasteiger partial charge in [0.2, 0.25) is 11.6 Å². The summed E-state index contributed by atoms with van der Waals surface area (Å²) < 4.78 is 0. The third-order valence-electron chi connectivity index (χ3n) is 2.83. The Balaban J connectivity index is 2.69. The van der Waals surface area contributed by atoms with Gasteiger partial charge in [-0.15, -0.1) is 0 Å². The number of hydrogen-bond acceptors (Lipinski definition) is 7. The summed E-state index contributed by atoms with van der Waals surface area (Å²) in [6, 6.07) is 0. The highest BCUT2D eigenvalue weighted by Gasteiger charge is 2.22. The molecule has 0 saturated carbocycles. The van der Waals surface area contributed by atoms with Gasteiger partial charge in [0.15, 0.2) is 0 Å². The monoisotopic (exact) mass is 283 g/mol. The zero-order valence-electron chi connectivity index (χ0n) is 11.8. The Morgan fingerprint density at radius 2 is 2.05 bits per heavy atom. The number of nitrogens with zero attached hydrogens (tertiary/aromatic N) is 3. The lowest BCUT2D eigenvalue weighted by molar-refractivity contribution is -0.383. The molecule has 0 spiro atoms. The number of nitro groups is 1. The number of aliphatic hydroxyl groups is 1. The normalized spacial score (nSPS) is 11.9. The fourth-order valence-electron chi connectivity index (χ4n) is 1.73. The molecule has 0 fully saturated rings. The van der Waals surface area contributed by atoms with E-state index >= 15 is 0 Å². The summed E-state index contributed by atoms with van der Waals surface area (Å²) >= 11 is 0. The predicted molar refractivity (Wildman–Crippen MR) is 76.8 cm³/mol. The highest BCUT2D eigenvalue weighted by Crippen LogP contribution is 2.28. The van der Waals surface area contributed by atoms with Gasteiger partial charge in [-0.25, -0.2) is 9.97 Å².